The van der Waals surface area contributed by atoms with Crippen molar-refractivity contribution in [3.05, 3.63) is 0 Å². The maximum Gasteiger partial charge on any atom is 0.236 e. The lowest BCUT2D eigenvalue weighted by Gasteiger charge is -2.36. The van der Waals surface area contributed by atoms with Crippen LogP contribution in [0.15, 0.2) is 0 Å². The molecule has 0 saturated heterocycles. The quantitative estimate of drug-likeness (QED) is 0.778. The molecule has 0 aliphatic heterocycles. The molecule has 1 fully saturated rings. The van der Waals surface area contributed by atoms with Crippen LogP contribution >= 0.6 is 0 Å². The molecule has 18 heavy (non-hydrogen) atoms. The number of hydrogen-bond acceptors (Lipinski definition) is 3. The van der Waals surface area contributed by atoms with Gasteiger partial charge in [-0.2, -0.15) is 0 Å². The number of nitrogens with zero attached hydrogens (tertiary/aromatic N) is 2. The molecule has 1 saturated carbocycles. The van der Waals surface area contributed by atoms with Gasteiger partial charge in [-0.1, -0.05) is 19.8 Å². The molecule has 2 unspecified atom stereocenters. The molecule has 1 amide bonds. The van der Waals surface area contributed by atoms with Gasteiger partial charge in [0, 0.05) is 19.6 Å². The summed E-state index contributed by atoms with van der Waals surface area (Å²) in [5, 5.41) is 0. The number of amides is 1. The van der Waals surface area contributed by atoms with Crippen LogP contribution in [-0.2, 0) is 4.79 Å². The van der Waals surface area contributed by atoms with Crippen LogP contribution in [0.2, 0.25) is 0 Å². The van der Waals surface area contributed by atoms with Crippen molar-refractivity contribution in [1.29, 1.82) is 0 Å². The van der Waals surface area contributed by atoms with E-state index in [1.807, 2.05) is 7.05 Å². The summed E-state index contributed by atoms with van der Waals surface area (Å²) in [4.78, 5) is 16.1. The van der Waals surface area contributed by atoms with Gasteiger partial charge >= 0.3 is 0 Å². The molecule has 1 rings (SSSR count). The van der Waals surface area contributed by atoms with Gasteiger partial charge in [0.1, 0.15) is 0 Å². The Hall–Kier alpha value is -0.610. The lowest BCUT2D eigenvalue weighted by atomic mass is 9.85. The molecule has 2 atom stereocenters. The highest BCUT2D eigenvalue weighted by Crippen LogP contribution is 2.27. The Bertz CT molecular complexity index is 257. The number of rotatable bonds is 6. The standard InChI is InChI=1S/C14H29N3O/c1-12-7-4-5-8-13(12)17(3)11-14(18)16(2)10-6-9-15/h12-13H,4-11,15H2,1-3H3. The van der Waals surface area contributed by atoms with Gasteiger partial charge in [0.2, 0.25) is 5.91 Å². The summed E-state index contributed by atoms with van der Waals surface area (Å²) in [5.74, 6) is 0.926. The van der Waals surface area contributed by atoms with Crippen LogP contribution in [0.5, 0.6) is 0 Å². The summed E-state index contributed by atoms with van der Waals surface area (Å²) in [7, 11) is 3.96. The molecular formula is C14H29N3O. The average molecular weight is 255 g/mol. The van der Waals surface area contributed by atoms with Crippen LogP contribution in [0.4, 0.5) is 0 Å². The van der Waals surface area contributed by atoms with E-state index in [2.05, 4.69) is 18.9 Å². The number of carbonyl (C=O) groups excluding carboxylic acids is 1. The Morgan fingerprint density at radius 3 is 2.56 bits per heavy atom. The monoisotopic (exact) mass is 255 g/mol. The van der Waals surface area contributed by atoms with Crippen LogP contribution < -0.4 is 5.73 Å². The summed E-state index contributed by atoms with van der Waals surface area (Å²) in [5.41, 5.74) is 5.46. The van der Waals surface area contributed by atoms with Crippen LogP contribution in [0.25, 0.3) is 0 Å². The number of carbonyl (C=O) groups is 1. The number of likely N-dealkylation sites (N-methyl/N-ethyl adjacent to an activating group) is 2. The van der Waals surface area contributed by atoms with Crippen molar-refractivity contribution in [1.82, 2.24) is 9.80 Å². The van der Waals surface area contributed by atoms with E-state index in [4.69, 9.17) is 5.73 Å². The van der Waals surface area contributed by atoms with Gasteiger partial charge in [0.15, 0.2) is 0 Å². The summed E-state index contributed by atoms with van der Waals surface area (Å²) >= 11 is 0. The van der Waals surface area contributed by atoms with E-state index in [1.54, 1.807) is 4.90 Å². The predicted octanol–water partition coefficient (Wildman–Crippen LogP) is 1.30. The van der Waals surface area contributed by atoms with E-state index < -0.39 is 0 Å². The van der Waals surface area contributed by atoms with Gasteiger partial charge in [-0.25, -0.2) is 0 Å². The van der Waals surface area contributed by atoms with E-state index >= 15 is 0 Å². The summed E-state index contributed by atoms with van der Waals surface area (Å²) in [6.45, 7) is 4.26. The first-order valence-electron chi connectivity index (χ1n) is 7.20. The largest absolute Gasteiger partial charge is 0.345 e. The fourth-order valence-corrected chi connectivity index (χ4v) is 2.86. The first kappa shape index (κ1) is 15.4. The van der Waals surface area contributed by atoms with Crippen molar-refractivity contribution in [2.45, 2.75) is 45.1 Å². The van der Waals surface area contributed by atoms with Gasteiger partial charge in [-0.15, -0.1) is 0 Å². The second-order valence-electron chi connectivity index (χ2n) is 5.70. The molecule has 1 aliphatic rings. The molecule has 0 aromatic carbocycles. The third kappa shape index (κ3) is 4.58. The number of nitrogens with two attached hydrogens (primary N) is 1. The van der Waals surface area contributed by atoms with Crippen molar-refractivity contribution in [3.8, 4) is 0 Å². The second kappa shape index (κ2) is 7.74. The molecule has 0 aromatic rings. The SMILES string of the molecule is CC1CCCCC1N(C)CC(=O)N(C)CCCN. The third-order valence-corrected chi connectivity index (χ3v) is 4.14. The zero-order valence-corrected chi connectivity index (χ0v) is 12.2. The van der Waals surface area contributed by atoms with Crippen molar-refractivity contribution >= 4 is 5.91 Å². The molecule has 0 spiro atoms. The second-order valence-corrected chi connectivity index (χ2v) is 5.70. The maximum atomic E-state index is 12.1. The minimum absolute atomic E-state index is 0.212. The fourth-order valence-electron chi connectivity index (χ4n) is 2.86. The Balaban J connectivity index is 2.38. The molecule has 4 heteroatoms. The van der Waals surface area contributed by atoms with Crippen molar-refractivity contribution in [2.24, 2.45) is 11.7 Å². The fraction of sp³-hybridized carbons (Fsp3) is 0.929. The van der Waals surface area contributed by atoms with E-state index in [9.17, 15) is 4.79 Å². The van der Waals surface area contributed by atoms with Crippen LogP contribution in [0.1, 0.15) is 39.0 Å². The van der Waals surface area contributed by atoms with E-state index in [0.29, 0.717) is 25.0 Å². The molecule has 0 heterocycles. The Kier molecular flexibility index (Phi) is 6.65. The van der Waals surface area contributed by atoms with Gasteiger partial charge in [0.05, 0.1) is 6.54 Å². The summed E-state index contributed by atoms with van der Waals surface area (Å²) < 4.78 is 0. The first-order valence-corrected chi connectivity index (χ1v) is 7.20. The Labute approximate surface area is 111 Å². The minimum Gasteiger partial charge on any atom is -0.345 e. The first-order chi connectivity index (χ1) is 8.56. The topological polar surface area (TPSA) is 49.6 Å². The molecule has 4 nitrogen and oxygen atoms in total. The predicted molar refractivity (Wildman–Crippen MR) is 75.4 cm³/mol. The van der Waals surface area contributed by atoms with E-state index in [1.165, 1.54) is 25.7 Å². The minimum atomic E-state index is 0.212. The van der Waals surface area contributed by atoms with Crippen molar-refractivity contribution in [3.63, 3.8) is 0 Å². The molecular weight excluding hydrogens is 226 g/mol. The van der Waals surface area contributed by atoms with Gasteiger partial charge in [-0.3, -0.25) is 9.69 Å². The highest BCUT2D eigenvalue weighted by molar-refractivity contribution is 5.77. The molecule has 0 bridgehead atoms. The lowest BCUT2D eigenvalue weighted by Crippen LogP contribution is -2.45. The number of hydrogen-bond donors (Lipinski definition) is 1. The summed E-state index contributed by atoms with van der Waals surface area (Å²) in [6.07, 6.45) is 6.06. The highest BCUT2D eigenvalue weighted by atomic mass is 16.2. The zero-order valence-electron chi connectivity index (χ0n) is 12.2. The Morgan fingerprint density at radius 2 is 1.94 bits per heavy atom. The van der Waals surface area contributed by atoms with E-state index in [-0.39, 0.29) is 5.91 Å². The molecule has 0 radical (unpaired) electrons. The molecule has 106 valence electrons. The van der Waals surface area contributed by atoms with E-state index in [0.717, 1.165) is 13.0 Å². The van der Waals surface area contributed by atoms with Gasteiger partial charge < -0.3 is 10.6 Å². The van der Waals surface area contributed by atoms with Gasteiger partial charge in [-0.05, 0) is 38.8 Å². The van der Waals surface area contributed by atoms with Crippen LogP contribution in [0, 0.1) is 5.92 Å². The maximum absolute atomic E-state index is 12.1. The molecule has 2 N–H and O–H groups in total. The Morgan fingerprint density at radius 1 is 1.28 bits per heavy atom. The molecule has 0 aromatic heterocycles. The smallest absolute Gasteiger partial charge is 0.236 e. The van der Waals surface area contributed by atoms with Crippen LogP contribution in [0.3, 0.4) is 0 Å². The van der Waals surface area contributed by atoms with Crippen molar-refractivity contribution in [2.75, 3.05) is 33.7 Å². The van der Waals surface area contributed by atoms with Crippen LogP contribution in [-0.4, -0.2) is 55.5 Å². The average Bonchev–Trinajstić information content (AvgIpc) is 2.36. The highest BCUT2D eigenvalue weighted by Gasteiger charge is 2.26. The van der Waals surface area contributed by atoms with Crippen molar-refractivity contribution < 1.29 is 4.79 Å². The van der Waals surface area contributed by atoms with Gasteiger partial charge in [0.25, 0.3) is 0 Å². The molecule has 1 aliphatic carbocycles. The third-order valence-electron chi connectivity index (χ3n) is 4.14. The normalized spacial score (nSPS) is 24.3. The zero-order chi connectivity index (χ0) is 13.5. The summed E-state index contributed by atoms with van der Waals surface area (Å²) in [6, 6.07) is 0.575. The lowest BCUT2D eigenvalue weighted by molar-refractivity contribution is -0.131.